The number of hydrogen-bond donors (Lipinski definition) is 3. The minimum Gasteiger partial charge on any atom is -0.465 e. The normalized spacial score (nSPS) is 22.1. The Bertz CT molecular complexity index is 263. The number of carboxylic acid groups (broad SMARTS) is 1. The van der Waals surface area contributed by atoms with Crippen molar-refractivity contribution in [1.29, 1.82) is 0 Å². The minimum atomic E-state index is -0.951. The van der Waals surface area contributed by atoms with Gasteiger partial charge in [0.25, 0.3) is 0 Å². The molecule has 3 N–H and O–H groups in total. The van der Waals surface area contributed by atoms with E-state index in [0.29, 0.717) is 45.6 Å². The Morgan fingerprint density at radius 3 is 2.35 bits per heavy atom. The van der Waals surface area contributed by atoms with E-state index in [1.54, 1.807) is 0 Å². The van der Waals surface area contributed by atoms with Gasteiger partial charge in [-0.3, -0.25) is 0 Å². The molecule has 20 heavy (non-hydrogen) atoms. The van der Waals surface area contributed by atoms with Crippen molar-refractivity contribution in [3.05, 3.63) is 0 Å². The Hall–Kier alpha value is -0.890. The standard InChI is InChI=1S/C13H25NO6/c15-3-4-18-5-6-19-7-8-20-10-11-1-2-12(9-11)14-13(16)17/h11-12,14-15H,1-10H2,(H,16,17)/t11-,12-/m1/s1. The van der Waals surface area contributed by atoms with Crippen molar-refractivity contribution in [1.82, 2.24) is 5.32 Å². The van der Waals surface area contributed by atoms with E-state index >= 15 is 0 Å². The minimum absolute atomic E-state index is 0.0300. The molecule has 0 spiro atoms. The summed E-state index contributed by atoms with van der Waals surface area (Å²) in [5.41, 5.74) is 0. The van der Waals surface area contributed by atoms with Gasteiger partial charge >= 0.3 is 6.09 Å². The molecule has 0 aromatic heterocycles. The lowest BCUT2D eigenvalue weighted by Crippen LogP contribution is -2.31. The highest BCUT2D eigenvalue weighted by atomic mass is 16.5. The zero-order chi connectivity index (χ0) is 14.6. The maximum Gasteiger partial charge on any atom is 0.404 e. The summed E-state index contributed by atoms with van der Waals surface area (Å²) in [5, 5.41) is 19.6. The van der Waals surface area contributed by atoms with Gasteiger partial charge in [0.05, 0.1) is 39.6 Å². The molecular weight excluding hydrogens is 266 g/mol. The zero-order valence-electron chi connectivity index (χ0n) is 11.8. The topological polar surface area (TPSA) is 97.3 Å². The first kappa shape index (κ1) is 17.2. The van der Waals surface area contributed by atoms with Crippen LogP contribution in [0.2, 0.25) is 0 Å². The molecule has 0 unspecified atom stereocenters. The SMILES string of the molecule is O=C(O)N[C@@H]1CC[C@@H](COCCOCCOCCO)C1. The molecule has 0 saturated heterocycles. The molecule has 1 aliphatic carbocycles. The van der Waals surface area contributed by atoms with Crippen LogP contribution in [0.25, 0.3) is 0 Å². The van der Waals surface area contributed by atoms with E-state index in [4.69, 9.17) is 24.4 Å². The van der Waals surface area contributed by atoms with E-state index in [1.165, 1.54) is 0 Å². The summed E-state index contributed by atoms with van der Waals surface area (Å²) in [4.78, 5) is 10.5. The van der Waals surface area contributed by atoms with Crippen LogP contribution in [0, 0.1) is 5.92 Å². The second-order valence-electron chi connectivity index (χ2n) is 4.85. The fraction of sp³-hybridized carbons (Fsp3) is 0.923. The van der Waals surface area contributed by atoms with Gasteiger partial charge in [-0.25, -0.2) is 4.79 Å². The molecule has 2 atom stereocenters. The predicted molar refractivity (Wildman–Crippen MR) is 71.8 cm³/mol. The number of rotatable bonds is 11. The molecule has 0 heterocycles. The summed E-state index contributed by atoms with van der Waals surface area (Å²) in [5.74, 6) is 0.430. The highest BCUT2D eigenvalue weighted by molar-refractivity contribution is 5.64. The molecular formula is C13H25NO6. The van der Waals surface area contributed by atoms with E-state index in [2.05, 4.69) is 5.32 Å². The van der Waals surface area contributed by atoms with Gasteiger partial charge in [-0.05, 0) is 25.2 Å². The van der Waals surface area contributed by atoms with E-state index < -0.39 is 6.09 Å². The summed E-state index contributed by atoms with van der Waals surface area (Å²) in [6.45, 7) is 3.06. The van der Waals surface area contributed by atoms with Gasteiger partial charge in [-0.2, -0.15) is 0 Å². The third kappa shape index (κ3) is 8.31. The molecule has 7 heteroatoms. The van der Waals surface area contributed by atoms with Crippen molar-refractivity contribution in [3.8, 4) is 0 Å². The average Bonchev–Trinajstić information content (AvgIpc) is 2.83. The molecule has 0 aromatic carbocycles. The van der Waals surface area contributed by atoms with Crippen molar-refractivity contribution in [2.45, 2.75) is 25.3 Å². The molecule has 1 amide bonds. The van der Waals surface area contributed by atoms with Gasteiger partial charge in [0.1, 0.15) is 0 Å². The summed E-state index contributed by atoms with van der Waals surface area (Å²) in [7, 11) is 0. The van der Waals surface area contributed by atoms with Crippen LogP contribution in [0.3, 0.4) is 0 Å². The number of hydrogen-bond acceptors (Lipinski definition) is 5. The third-order valence-corrected chi connectivity index (χ3v) is 3.20. The van der Waals surface area contributed by atoms with E-state index in [-0.39, 0.29) is 12.6 Å². The second kappa shape index (κ2) is 10.8. The second-order valence-corrected chi connectivity index (χ2v) is 4.85. The predicted octanol–water partition coefficient (Wildman–Crippen LogP) is 0.465. The molecule has 118 valence electrons. The smallest absolute Gasteiger partial charge is 0.404 e. The quantitative estimate of drug-likeness (QED) is 0.479. The molecule has 1 fully saturated rings. The third-order valence-electron chi connectivity index (χ3n) is 3.20. The molecule has 1 rings (SSSR count). The summed E-state index contributed by atoms with van der Waals surface area (Å²) < 4.78 is 15.9. The van der Waals surface area contributed by atoms with Crippen LogP contribution in [0.4, 0.5) is 4.79 Å². The molecule has 0 bridgehead atoms. The highest BCUT2D eigenvalue weighted by Gasteiger charge is 2.25. The number of ether oxygens (including phenoxy) is 3. The Balaban J connectivity index is 1.86. The van der Waals surface area contributed by atoms with Crippen LogP contribution in [-0.2, 0) is 14.2 Å². The van der Waals surface area contributed by atoms with E-state index in [0.717, 1.165) is 19.3 Å². The summed E-state index contributed by atoms with van der Waals surface area (Å²) in [6, 6.07) is 0.0704. The lowest BCUT2D eigenvalue weighted by Gasteiger charge is -2.12. The number of nitrogens with one attached hydrogen (secondary N) is 1. The highest BCUT2D eigenvalue weighted by Crippen LogP contribution is 2.25. The van der Waals surface area contributed by atoms with Gasteiger partial charge < -0.3 is 29.7 Å². The number of aliphatic hydroxyl groups is 1. The van der Waals surface area contributed by atoms with Crippen LogP contribution in [0.5, 0.6) is 0 Å². The largest absolute Gasteiger partial charge is 0.465 e. The van der Waals surface area contributed by atoms with Crippen LogP contribution < -0.4 is 5.32 Å². The maximum atomic E-state index is 10.5. The van der Waals surface area contributed by atoms with Crippen molar-refractivity contribution in [2.75, 3.05) is 46.2 Å². The Kier molecular flexibility index (Phi) is 9.31. The van der Waals surface area contributed by atoms with Crippen LogP contribution >= 0.6 is 0 Å². The van der Waals surface area contributed by atoms with Crippen LogP contribution in [0.15, 0.2) is 0 Å². The molecule has 7 nitrogen and oxygen atoms in total. The average molecular weight is 291 g/mol. The molecule has 0 aromatic rings. The fourth-order valence-electron chi connectivity index (χ4n) is 2.29. The number of carbonyl (C=O) groups is 1. The Labute approximate surface area is 119 Å². The first-order valence-electron chi connectivity index (χ1n) is 7.06. The first-order valence-corrected chi connectivity index (χ1v) is 7.06. The summed E-state index contributed by atoms with van der Waals surface area (Å²) >= 11 is 0. The number of aliphatic hydroxyl groups excluding tert-OH is 1. The van der Waals surface area contributed by atoms with Gasteiger partial charge in [0, 0.05) is 12.6 Å². The van der Waals surface area contributed by atoms with Gasteiger partial charge in [-0.1, -0.05) is 0 Å². The summed E-state index contributed by atoms with van der Waals surface area (Å²) in [6.07, 6.45) is 1.79. The van der Waals surface area contributed by atoms with Gasteiger partial charge in [0.2, 0.25) is 0 Å². The molecule has 1 aliphatic rings. The van der Waals surface area contributed by atoms with Gasteiger partial charge in [0.15, 0.2) is 0 Å². The molecule has 0 aliphatic heterocycles. The van der Waals surface area contributed by atoms with Crippen molar-refractivity contribution >= 4 is 6.09 Å². The molecule has 0 radical (unpaired) electrons. The lowest BCUT2D eigenvalue weighted by atomic mass is 10.1. The molecule has 1 saturated carbocycles. The fourth-order valence-corrected chi connectivity index (χ4v) is 2.29. The van der Waals surface area contributed by atoms with Crippen molar-refractivity contribution in [3.63, 3.8) is 0 Å². The Morgan fingerprint density at radius 2 is 1.70 bits per heavy atom. The Morgan fingerprint density at radius 1 is 1.05 bits per heavy atom. The zero-order valence-corrected chi connectivity index (χ0v) is 11.8. The first-order chi connectivity index (χ1) is 9.72. The van der Waals surface area contributed by atoms with Crippen LogP contribution in [-0.4, -0.2) is 68.6 Å². The van der Waals surface area contributed by atoms with E-state index in [1.807, 2.05) is 0 Å². The monoisotopic (exact) mass is 291 g/mol. The van der Waals surface area contributed by atoms with Crippen molar-refractivity contribution < 1.29 is 29.2 Å². The lowest BCUT2D eigenvalue weighted by molar-refractivity contribution is 0.00210. The van der Waals surface area contributed by atoms with E-state index in [9.17, 15) is 4.79 Å². The maximum absolute atomic E-state index is 10.5. The van der Waals surface area contributed by atoms with Crippen LogP contribution in [0.1, 0.15) is 19.3 Å². The number of amides is 1. The van der Waals surface area contributed by atoms with Gasteiger partial charge in [-0.15, -0.1) is 0 Å². The van der Waals surface area contributed by atoms with Crippen molar-refractivity contribution in [2.24, 2.45) is 5.92 Å².